The van der Waals surface area contributed by atoms with Gasteiger partial charge in [-0.2, -0.15) is 0 Å². The van der Waals surface area contributed by atoms with Crippen LogP contribution in [0.15, 0.2) is 54.6 Å². The Morgan fingerprint density at radius 1 is 1.04 bits per heavy atom. The molecular formula is C20H23IN2O3. The van der Waals surface area contributed by atoms with Gasteiger partial charge in [0, 0.05) is 9.26 Å². The van der Waals surface area contributed by atoms with E-state index < -0.39 is 12.1 Å². The average Bonchev–Trinajstić information content (AvgIpc) is 2.62. The zero-order valence-electron chi connectivity index (χ0n) is 14.9. The predicted octanol–water partition coefficient (Wildman–Crippen LogP) is 4.57. The number of halogens is 1. The highest BCUT2D eigenvalue weighted by atomic mass is 127. The molecule has 0 radical (unpaired) electrons. The average molecular weight is 466 g/mol. The van der Waals surface area contributed by atoms with Crippen LogP contribution in [-0.2, 0) is 16.1 Å². The summed E-state index contributed by atoms with van der Waals surface area (Å²) in [6, 6.07) is 16.3. The van der Waals surface area contributed by atoms with E-state index in [0.717, 1.165) is 9.13 Å². The molecule has 2 amide bonds. The van der Waals surface area contributed by atoms with Gasteiger partial charge in [-0.25, -0.2) is 4.79 Å². The zero-order valence-corrected chi connectivity index (χ0v) is 17.0. The number of hydrogen-bond donors (Lipinski definition) is 2. The molecule has 0 heterocycles. The number of alkyl carbamates (subject to hydrolysis) is 1. The number of anilines is 1. The van der Waals surface area contributed by atoms with Gasteiger partial charge in [0.25, 0.3) is 0 Å². The van der Waals surface area contributed by atoms with Gasteiger partial charge in [-0.3, -0.25) is 4.79 Å². The van der Waals surface area contributed by atoms with Crippen molar-refractivity contribution in [1.29, 1.82) is 0 Å². The fourth-order valence-corrected chi connectivity index (χ4v) is 2.73. The Hall–Kier alpha value is -2.09. The molecule has 138 valence electrons. The summed E-state index contributed by atoms with van der Waals surface area (Å²) in [5, 5.41) is 5.52. The quantitative estimate of drug-likeness (QED) is 0.588. The van der Waals surface area contributed by atoms with Crippen molar-refractivity contribution >= 4 is 40.3 Å². The first kappa shape index (κ1) is 20.2. The summed E-state index contributed by atoms with van der Waals surface area (Å²) in [6.45, 7) is 4.17. The Balaban J connectivity index is 1.93. The lowest BCUT2D eigenvalue weighted by Gasteiger charge is -2.20. The second-order valence-corrected chi connectivity index (χ2v) is 7.63. The lowest BCUT2D eigenvalue weighted by Crippen LogP contribution is -2.44. The van der Waals surface area contributed by atoms with Crippen molar-refractivity contribution in [3.05, 3.63) is 63.7 Å². The smallest absolute Gasteiger partial charge is 0.408 e. The SMILES string of the molecule is CC(C)CC(NC(=O)OCc1ccccc1)C(=O)Nc1ccc(I)cc1. The second kappa shape index (κ2) is 10.2. The minimum absolute atomic E-state index is 0.166. The van der Waals surface area contributed by atoms with Crippen LogP contribution in [0.3, 0.4) is 0 Å². The Labute approximate surface area is 167 Å². The standard InChI is InChI=1S/C20H23IN2O3/c1-14(2)12-18(19(24)22-17-10-8-16(21)9-11-17)23-20(25)26-13-15-6-4-3-5-7-15/h3-11,14,18H,12-13H2,1-2H3,(H,22,24)(H,23,25). The van der Waals surface area contributed by atoms with E-state index in [1.54, 1.807) is 0 Å². The van der Waals surface area contributed by atoms with E-state index in [9.17, 15) is 9.59 Å². The van der Waals surface area contributed by atoms with Crippen LogP contribution in [0.5, 0.6) is 0 Å². The van der Waals surface area contributed by atoms with Crippen molar-refractivity contribution in [2.75, 3.05) is 5.32 Å². The fraction of sp³-hybridized carbons (Fsp3) is 0.300. The van der Waals surface area contributed by atoms with Gasteiger partial charge in [-0.05, 0) is 64.8 Å². The van der Waals surface area contributed by atoms with E-state index in [2.05, 4.69) is 33.2 Å². The molecule has 1 unspecified atom stereocenters. The molecule has 0 bridgehead atoms. The van der Waals surface area contributed by atoms with Gasteiger partial charge in [0.05, 0.1) is 0 Å². The topological polar surface area (TPSA) is 67.4 Å². The van der Waals surface area contributed by atoms with E-state index >= 15 is 0 Å². The van der Waals surface area contributed by atoms with Crippen LogP contribution in [0.2, 0.25) is 0 Å². The van der Waals surface area contributed by atoms with E-state index in [1.165, 1.54) is 0 Å². The number of amides is 2. The first-order valence-electron chi connectivity index (χ1n) is 8.47. The summed E-state index contributed by atoms with van der Waals surface area (Å²) in [7, 11) is 0. The molecule has 0 saturated heterocycles. The summed E-state index contributed by atoms with van der Waals surface area (Å²) in [4.78, 5) is 24.7. The number of benzene rings is 2. The van der Waals surface area contributed by atoms with Crippen molar-refractivity contribution < 1.29 is 14.3 Å². The van der Waals surface area contributed by atoms with Gasteiger partial charge >= 0.3 is 6.09 Å². The van der Waals surface area contributed by atoms with E-state index in [4.69, 9.17) is 4.74 Å². The second-order valence-electron chi connectivity index (χ2n) is 6.38. The fourth-order valence-electron chi connectivity index (χ4n) is 2.37. The first-order valence-corrected chi connectivity index (χ1v) is 9.55. The van der Waals surface area contributed by atoms with Gasteiger partial charge in [0.1, 0.15) is 12.6 Å². The third-order valence-electron chi connectivity index (χ3n) is 3.64. The van der Waals surface area contributed by atoms with Crippen molar-refractivity contribution in [2.45, 2.75) is 32.9 Å². The number of rotatable bonds is 7. The molecule has 2 aromatic carbocycles. The molecule has 6 heteroatoms. The van der Waals surface area contributed by atoms with Crippen LogP contribution < -0.4 is 10.6 Å². The van der Waals surface area contributed by atoms with Gasteiger partial charge < -0.3 is 15.4 Å². The zero-order chi connectivity index (χ0) is 18.9. The third kappa shape index (κ3) is 7.03. The molecule has 1 atom stereocenters. The lowest BCUT2D eigenvalue weighted by atomic mass is 10.0. The van der Waals surface area contributed by atoms with Crippen molar-refractivity contribution in [1.82, 2.24) is 5.32 Å². The summed E-state index contributed by atoms with van der Waals surface area (Å²) < 4.78 is 6.31. The largest absolute Gasteiger partial charge is 0.445 e. The van der Waals surface area contributed by atoms with Crippen LogP contribution in [0.1, 0.15) is 25.8 Å². The maximum atomic E-state index is 12.6. The molecule has 26 heavy (non-hydrogen) atoms. The van der Waals surface area contributed by atoms with Crippen molar-refractivity contribution in [2.24, 2.45) is 5.92 Å². The van der Waals surface area contributed by atoms with Crippen LogP contribution in [-0.4, -0.2) is 18.0 Å². The summed E-state index contributed by atoms with van der Waals surface area (Å²) in [6.07, 6.45) is -0.0753. The maximum Gasteiger partial charge on any atom is 0.408 e. The minimum atomic E-state index is -0.655. The molecule has 0 aliphatic rings. The van der Waals surface area contributed by atoms with Crippen molar-refractivity contribution in [3.63, 3.8) is 0 Å². The number of ether oxygens (including phenoxy) is 1. The molecule has 2 N–H and O–H groups in total. The van der Waals surface area contributed by atoms with E-state index in [-0.39, 0.29) is 18.4 Å². The van der Waals surface area contributed by atoms with E-state index in [1.807, 2.05) is 68.4 Å². The molecule has 2 aromatic rings. The first-order chi connectivity index (χ1) is 12.4. The minimum Gasteiger partial charge on any atom is -0.445 e. The van der Waals surface area contributed by atoms with Crippen LogP contribution in [0, 0.1) is 9.49 Å². The molecule has 0 spiro atoms. The molecule has 0 aromatic heterocycles. The van der Waals surface area contributed by atoms with Crippen LogP contribution >= 0.6 is 22.6 Å². The normalized spacial score (nSPS) is 11.7. The number of hydrogen-bond acceptors (Lipinski definition) is 3. The molecule has 2 rings (SSSR count). The third-order valence-corrected chi connectivity index (χ3v) is 4.36. The molecule has 0 aliphatic carbocycles. The van der Waals surface area contributed by atoms with Gasteiger partial charge in [0.15, 0.2) is 0 Å². The van der Waals surface area contributed by atoms with Crippen LogP contribution in [0.4, 0.5) is 10.5 Å². The lowest BCUT2D eigenvalue weighted by molar-refractivity contribution is -0.118. The van der Waals surface area contributed by atoms with Gasteiger partial charge in [-0.15, -0.1) is 0 Å². The molecule has 0 saturated carbocycles. The Morgan fingerprint density at radius 2 is 1.69 bits per heavy atom. The number of nitrogens with one attached hydrogen (secondary N) is 2. The molecule has 0 aliphatic heterocycles. The van der Waals surface area contributed by atoms with Gasteiger partial charge in [-0.1, -0.05) is 44.2 Å². The predicted molar refractivity (Wildman–Crippen MR) is 111 cm³/mol. The van der Waals surface area contributed by atoms with E-state index in [0.29, 0.717) is 12.1 Å². The number of carbonyl (C=O) groups is 2. The van der Waals surface area contributed by atoms with Gasteiger partial charge in [0.2, 0.25) is 5.91 Å². The van der Waals surface area contributed by atoms with Crippen LogP contribution in [0.25, 0.3) is 0 Å². The Bertz CT molecular complexity index is 718. The highest BCUT2D eigenvalue weighted by Gasteiger charge is 2.22. The number of carbonyl (C=O) groups excluding carboxylic acids is 2. The molecule has 0 fully saturated rings. The highest BCUT2D eigenvalue weighted by Crippen LogP contribution is 2.13. The summed E-state index contributed by atoms with van der Waals surface area (Å²) in [5.74, 6) is -0.00605. The molecular weight excluding hydrogens is 443 g/mol. The maximum absolute atomic E-state index is 12.6. The monoisotopic (exact) mass is 466 g/mol. The Morgan fingerprint density at radius 3 is 2.31 bits per heavy atom. The summed E-state index contributed by atoms with van der Waals surface area (Å²) in [5.41, 5.74) is 1.59. The highest BCUT2D eigenvalue weighted by molar-refractivity contribution is 14.1. The summed E-state index contributed by atoms with van der Waals surface area (Å²) >= 11 is 2.20. The Kier molecular flexibility index (Phi) is 7.90. The van der Waals surface area contributed by atoms with Crippen molar-refractivity contribution in [3.8, 4) is 0 Å². The molecule has 5 nitrogen and oxygen atoms in total.